The lowest BCUT2D eigenvalue weighted by molar-refractivity contribution is 0.328. The van der Waals surface area contributed by atoms with Gasteiger partial charge in [-0.05, 0) is 72.8 Å². The van der Waals surface area contributed by atoms with Crippen molar-refractivity contribution in [2.75, 3.05) is 6.67 Å². The Bertz CT molecular complexity index is 729. The molecule has 0 aliphatic heterocycles. The van der Waals surface area contributed by atoms with E-state index in [2.05, 4.69) is 30.3 Å². The lowest BCUT2D eigenvalue weighted by Gasteiger charge is -2.28. The molecule has 0 radical (unpaired) electrons. The Morgan fingerprint density at radius 3 is 2.04 bits per heavy atom. The van der Waals surface area contributed by atoms with Gasteiger partial charge in [-0.25, -0.2) is 4.39 Å². The number of rotatable bonds is 5. The molecule has 1 fully saturated rings. The molecule has 0 unspecified atom stereocenters. The SMILES string of the molecule is N#Cc1ccc(-c2ccc(C3CCC(C/C=C/CF)CC3)cc2)cc1. The first-order chi connectivity index (χ1) is 12.3. The average molecular weight is 333 g/mol. The van der Waals surface area contributed by atoms with Crippen LogP contribution in [0.25, 0.3) is 11.1 Å². The van der Waals surface area contributed by atoms with Crippen LogP contribution >= 0.6 is 0 Å². The number of alkyl halides is 1. The van der Waals surface area contributed by atoms with E-state index in [1.807, 2.05) is 30.3 Å². The molecule has 1 aliphatic rings. The Kier molecular flexibility index (Phi) is 6.01. The monoisotopic (exact) mass is 333 g/mol. The summed E-state index contributed by atoms with van der Waals surface area (Å²) < 4.78 is 12.1. The molecule has 0 amide bonds. The molecule has 2 aromatic rings. The Balaban J connectivity index is 1.59. The van der Waals surface area contributed by atoms with Crippen LogP contribution < -0.4 is 0 Å². The minimum Gasteiger partial charge on any atom is -0.247 e. The first-order valence-electron chi connectivity index (χ1n) is 9.11. The molecule has 2 heteroatoms. The third-order valence-corrected chi connectivity index (χ3v) is 5.30. The van der Waals surface area contributed by atoms with E-state index >= 15 is 0 Å². The molecule has 2 aromatic carbocycles. The van der Waals surface area contributed by atoms with E-state index in [0.717, 1.165) is 17.9 Å². The van der Waals surface area contributed by atoms with Crippen LogP contribution in [-0.2, 0) is 0 Å². The lowest BCUT2D eigenvalue weighted by atomic mass is 9.77. The molecule has 1 nitrogen and oxygen atoms in total. The van der Waals surface area contributed by atoms with Crippen LogP contribution in [0.3, 0.4) is 0 Å². The molecule has 0 N–H and O–H groups in total. The Hall–Kier alpha value is -2.40. The summed E-state index contributed by atoms with van der Waals surface area (Å²) in [5, 5.41) is 8.89. The summed E-state index contributed by atoms with van der Waals surface area (Å²) in [6.07, 6.45) is 9.58. The van der Waals surface area contributed by atoms with Gasteiger partial charge >= 0.3 is 0 Å². The van der Waals surface area contributed by atoms with Crippen LogP contribution in [0.15, 0.2) is 60.7 Å². The number of hydrogen-bond donors (Lipinski definition) is 0. The van der Waals surface area contributed by atoms with Crippen molar-refractivity contribution in [3.8, 4) is 17.2 Å². The van der Waals surface area contributed by atoms with E-state index < -0.39 is 0 Å². The van der Waals surface area contributed by atoms with E-state index in [0.29, 0.717) is 11.5 Å². The second-order valence-corrected chi connectivity index (χ2v) is 6.89. The standard InChI is InChI=1S/C23H24FN/c24-16-2-1-3-18-4-8-20(9-5-18)22-12-14-23(15-13-22)21-10-6-19(17-25)7-11-21/h1-2,6-7,10-15,18,20H,3-5,8-9,16H2/b2-1+. The van der Waals surface area contributed by atoms with Gasteiger partial charge in [0.15, 0.2) is 0 Å². The molecule has 0 heterocycles. The summed E-state index contributed by atoms with van der Waals surface area (Å²) in [5.74, 6) is 1.37. The van der Waals surface area contributed by atoms with Crippen molar-refractivity contribution in [2.24, 2.45) is 5.92 Å². The zero-order chi connectivity index (χ0) is 17.5. The second kappa shape index (κ2) is 8.62. The van der Waals surface area contributed by atoms with Crippen molar-refractivity contribution in [1.82, 2.24) is 0 Å². The first kappa shape index (κ1) is 17.4. The van der Waals surface area contributed by atoms with E-state index in [4.69, 9.17) is 5.26 Å². The summed E-state index contributed by atoms with van der Waals surface area (Å²) in [4.78, 5) is 0. The molecule has 128 valence electrons. The number of benzene rings is 2. The van der Waals surface area contributed by atoms with Gasteiger partial charge in [-0.3, -0.25) is 0 Å². The highest BCUT2D eigenvalue weighted by Gasteiger charge is 2.21. The topological polar surface area (TPSA) is 23.8 Å². The van der Waals surface area contributed by atoms with Crippen LogP contribution in [0.1, 0.15) is 49.1 Å². The van der Waals surface area contributed by atoms with Gasteiger partial charge in [0, 0.05) is 0 Å². The molecular weight excluding hydrogens is 309 g/mol. The van der Waals surface area contributed by atoms with Gasteiger partial charge in [-0.15, -0.1) is 0 Å². The van der Waals surface area contributed by atoms with Crippen LogP contribution in [0.5, 0.6) is 0 Å². The molecule has 3 rings (SSSR count). The maximum Gasteiger partial charge on any atom is 0.108 e. The highest BCUT2D eigenvalue weighted by molar-refractivity contribution is 5.64. The molecule has 0 atom stereocenters. The van der Waals surface area contributed by atoms with Gasteiger partial charge in [0.25, 0.3) is 0 Å². The Morgan fingerprint density at radius 1 is 0.880 bits per heavy atom. The fourth-order valence-electron chi connectivity index (χ4n) is 3.77. The van der Waals surface area contributed by atoms with Crippen LogP contribution in [0.2, 0.25) is 0 Å². The van der Waals surface area contributed by atoms with Crippen molar-refractivity contribution >= 4 is 0 Å². The van der Waals surface area contributed by atoms with Crippen LogP contribution in [0, 0.1) is 17.2 Å². The number of hydrogen-bond acceptors (Lipinski definition) is 1. The zero-order valence-corrected chi connectivity index (χ0v) is 14.5. The van der Waals surface area contributed by atoms with Gasteiger partial charge in [0.2, 0.25) is 0 Å². The molecular formula is C23H24FN. The van der Waals surface area contributed by atoms with Crippen molar-refractivity contribution in [1.29, 1.82) is 5.26 Å². The maximum absolute atomic E-state index is 12.1. The molecule has 0 saturated heterocycles. The van der Waals surface area contributed by atoms with Crippen molar-refractivity contribution in [2.45, 2.75) is 38.0 Å². The van der Waals surface area contributed by atoms with Crippen molar-refractivity contribution < 1.29 is 4.39 Å². The smallest absolute Gasteiger partial charge is 0.108 e. The van der Waals surface area contributed by atoms with E-state index in [1.54, 1.807) is 6.08 Å². The van der Waals surface area contributed by atoms with E-state index in [9.17, 15) is 4.39 Å². The Labute approximate surface area is 149 Å². The number of nitrogens with zero attached hydrogens (tertiary/aromatic N) is 1. The minimum atomic E-state index is -0.346. The minimum absolute atomic E-state index is 0.346. The molecule has 1 saturated carbocycles. The maximum atomic E-state index is 12.1. The quantitative estimate of drug-likeness (QED) is 0.580. The normalized spacial score (nSPS) is 20.5. The summed E-state index contributed by atoms with van der Waals surface area (Å²) in [6, 6.07) is 18.8. The number of nitriles is 1. The summed E-state index contributed by atoms with van der Waals surface area (Å²) >= 11 is 0. The lowest BCUT2D eigenvalue weighted by Crippen LogP contribution is -2.12. The second-order valence-electron chi connectivity index (χ2n) is 6.89. The van der Waals surface area contributed by atoms with Gasteiger partial charge in [-0.1, -0.05) is 48.6 Å². The van der Waals surface area contributed by atoms with Gasteiger partial charge < -0.3 is 0 Å². The highest BCUT2D eigenvalue weighted by Crippen LogP contribution is 2.37. The summed E-state index contributed by atoms with van der Waals surface area (Å²) in [6.45, 7) is -0.346. The average Bonchev–Trinajstić information content (AvgIpc) is 2.69. The Morgan fingerprint density at radius 2 is 1.48 bits per heavy atom. The molecule has 0 spiro atoms. The summed E-state index contributed by atoms with van der Waals surface area (Å²) in [7, 11) is 0. The van der Waals surface area contributed by atoms with E-state index in [-0.39, 0.29) is 6.67 Å². The van der Waals surface area contributed by atoms with Crippen LogP contribution in [-0.4, -0.2) is 6.67 Å². The molecule has 25 heavy (non-hydrogen) atoms. The largest absolute Gasteiger partial charge is 0.247 e. The first-order valence-corrected chi connectivity index (χ1v) is 9.11. The predicted molar refractivity (Wildman–Crippen MR) is 101 cm³/mol. The number of allylic oxidation sites excluding steroid dienone is 2. The fourth-order valence-corrected chi connectivity index (χ4v) is 3.77. The molecule has 0 aromatic heterocycles. The van der Waals surface area contributed by atoms with Gasteiger partial charge in [0.1, 0.15) is 6.67 Å². The van der Waals surface area contributed by atoms with Crippen molar-refractivity contribution in [3.05, 3.63) is 71.8 Å². The fraction of sp³-hybridized carbons (Fsp3) is 0.348. The van der Waals surface area contributed by atoms with E-state index in [1.165, 1.54) is 36.8 Å². The van der Waals surface area contributed by atoms with Crippen molar-refractivity contribution in [3.63, 3.8) is 0 Å². The third kappa shape index (κ3) is 4.57. The summed E-state index contributed by atoms with van der Waals surface area (Å²) in [5.41, 5.74) is 4.46. The third-order valence-electron chi connectivity index (χ3n) is 5.30. The number of halogens is 1. The molecule has 0 bridgehead atoms. The zero-order valence-electron chi connectivity index (χ0n) is 14.5. The molecule has 1 aliphatic carbocycles. The van der Waals surface area contributed by atoms with Crippen LogP contribution in [0.4, 0.5) is 4.39 Å². The highest BCUT2D eigenvalue weighted by atomic mass is 19.1. The predicted octanol–water partition coefficient (Wildman–Crippen LogP) is 6.41. The van der Waals surface area contributed by atoms with Gasteiger partial charge in [0.05, 0.1) is 11.6 Å². The van der Waals surface area contributed by atoms with Gasteiger partial charge in [-0.2, -0.15) is 5.26 Å².